The predicted molar refractivity (Wildman–Crippen MR) is 96.8 cm³/mol. The van der Waals surface area contributed by atoms with E-state index in [4.69, 9.17) is 16.3 Å². The first-order valence-electron chi connectivity index (χ1n) is 8.14. The normalized spacial score (nSPS) is 22.0. The first-order chi connectivity index (χ1) is 11.7. The highest BCUT2D eigenvalue weighted by atomic mass is 35.5. The number of ether oxygens (including phenoxy) is 1. The van der Waals surface area contributed by atoms with Crippen LogP contribution >= 0.6 is 23.4 Å². The van der Waals surface area contributed by atoms with Crippen LogP contribution in [0.25, 0.3) is 0 Å². The van der Waals surface area contributed by atoms with Crippen molar-refractivity contribution in [2.24, 2.45) is 5.92 Å². The largest absolute Gasteiger partial charge is 0.492 e. The van der Waals surface area contributed by atoms with E-state index < -0.39 is 0 Å². The van der Waals surface area contributed by atoms with Crippen molar-refractivity contribution in [3.05, 3.63) is 58.6 Å². The monoisotopic (exact) mass is 359 g/mol. The molecule has 0 saturated carbocycles. The summed E-state index contributed by atoms with van der Waals surface area (Å²) in [5.41, 5.74) is 2.23. The first kappa shape index (κ1) is 15.9. The van der Waals surface area contributed by atoms with E-state index in [1.54, 1.807) is 0 Å². The summed E-state index contributed by atoms with van der Waals surface area (Å²) in [5.74, 6) is 1.82. The highest BCUT2D eigenvalue weighted by molar-refractivity contribution is 7.99. The fourth-order valence-electron chi connectivity index (χ4n) is 3.30. The minimum Gasteiger partial charge on any atom is -0.492 e. The molecule has 124 valence electrons. The van der Waals surface area contributed by atoms with Crippen molar-refractivity contribution >= 4 is 29.3 Å². The van der Waals surface area contributed by atoms with Gasteiger partial charge in [0.1, 0.15) is 12.4 Å². The number of amides is 1. The van der Waals surface area contributed by atoms with Gasteiger partial charge >= 0.3 is 0 Å². The highest BCUT2D eigenvalue weighted by Gasteiger charge is 2.29. The summed E-state index contributed by atoms with van der Waals surface area (Å²) in [6.45, 7) is 0.437. The fourth-order valence-corrected chi connectivity index (χ4v) is 4.59. The molecule has 0 radical (unpaired) electrons. The molecule has 2 heterocycles. The zero-order valence-corrected chi connectivity index (χ0v) is 14.7. The Bertz CT molecular complexity index is 780. The highest BCUT2D eigenvalue weighted by Crippen LogP contribution is 2.38. The summed E-state index contributed by atoms with van der Waals surface area (Å²) in [4.78, 5) is 13.9. The summed E-state index contributed by atoms with van der Waals surface area (Å²) >= 11 is 7.96. The maximum atomic E-state index is 12.7. The molecule has 2 aromatic rings. The molecule has 0 spiro atoms. The van der Waals surface area contributed by atoms with E-state index in [1.807, 2.05) is 54.2 Å². The van der Waals surface area contributed by atoms with Gasteiger partial charge in [0.05, 0.1) is 12.0 Å². The molecule has 2 aliphatic heterocycles. The summed E-state index contributed by atoms with van der Waals surface area (Å²) < 4.78 is 5.75. The Hall–Kier alpha value is -1.65. The van der Waals surface area contributed by atoms with Crippen LogP contribution < -0.4 is 10.1 Å². The van der Waals surface area contributed by atoms with Gasteiger partial charge in [0.15, 0.2) is 0 Å². The number of nitrogens with one attached hydrogen (secondary N) is 1. The SMILES string of the molecule is O=C(NC1CCSc2ccc(Cl)cc21)C1COc2ccccc2C1. The van der Waals surface area contributed by atoms with Crippen LogP contribution in [0, 0.1) is 5.92 Å². The first-order valence-corrected chi connectivity index (χ1v) is 9.50. The van der Waals surface area contributed by atoms with Crippen molar-refractivity contribution in [3.63, 3.8) is 0 Å². The van der Waals surface area contributed by atoms with Gasteiger partial charge in [-0.25, -0.2) is 0 Å². The Kier molecular flexibility index (Phi) is 4.42. The fraction of sp³-hybridized carbons (Fsp3) is 0.316. The molecule has 0 aromatic heterocycles. The van der Waals surface area contributed by atoms with Crippen molar-refractivity contribution in [2.75, 3.05) is 12.4 Å². The molecule has 3 nitrogen and oxygen atoms in total. The van der Waals surface area contributed by atoms with Gasteiger partial charge in [0, 0.05) is 15.7 Å². The Morgan fingerprint density at radius 2 is 2.12 bits per heavy atom. The average molecular weight is 360 g/mol. The van der Waals surface area contributed by atoms with E-state index in [0.29, 0.717) is 11.6 Å². The van der Waals surface area contributed by atoms with E-state index in [0.717, 1.165) is 35.5 Å². The molecule has 1 N–H and O–H groups in total. The molecule has 1 amide bonds. The zero-order valence-electron chi connectivity index (χ0n) is 13.1. The van der Waals surface area contributed by atoms with Crippen molar-refractivity contribution < 1.29 is 9.53 Å². The number of thioether (sulfide) groups is 1. The van der Waals surface area contributed by atoms with Crippen molar-refractivity contribution in [2.45, 2.75) is 23.8 Å². The lowest BCUT2D eigenvalue weighted by molar-refractivity contribution is -0.127. The molecule has 0 saturated heterocycles. The molecule has 0 fully saturated rings. The van der Waals surface area contributed by atoms with Crippen LogP contribution in [0.1, 0.15) is 23.6 Å². The number of carbonyl (C=O) groups excluding carboxylic acids is 1. The summed E-state index contributed by atoms with van der Waals surface area (Å²) in [6.07, 6.45) is 1.65. The van der Waals surface area contributed by atoms with Gasteiger partial charge in [-0.15, -0.1) is 11.8 Å². The molecule has 5 heteroatoms. The number of carbonyl (C=O) groups is 1. The number of rotatable bonds is 2. The van der Waals surface area contributed by atoms with Gasteiger partial charge in [-0.3, -0.25) is 4.79 Å². The Morgan fingerprint density at radius 3 is 3.04 bits per heavy atom. The van der Waals surface area contributed by atoms with Crippen LogP contribution in [-0.4, -0.2) is 18.3 Å². The summed E-state index contributed by atoms with van der Waals surface area (Å²) in [5, 5.41) is 3.93. The zero-order chi connectivity index (χ0) is 16.5. The van der Waals surface area contributed by atoms with Crippen molar-refractivity contribution in [1.82, 2.24) is 5.32 Å². The van der Waals surface area contributed by atoms with Crippen LogP contribution in [0.5, 0.6) is 5.75 Å². The van der Waals surface area contributed by atoms with Crippen LogP contribution in [0.2, 0.25) is 5.02 Å². The Labute approximate surface area is 150 Å². The van der Waals surface area contributed by atoms with Crippen molar-refractivity contribution in [3.8, 4) is 5.75 Å². The van der Waals surface area contributed by atoms with Gasteiger partial charge < -0.3 is 10.1 Å². The third-order valence-electron chi connectivity index (χ3n) is 4.58. The third-order valence-corrected chi connectivity index (χ3v) is 5.94. The minimum absolute atomic E-state index is 0.0321. The maximum Gasteiger partial charge on any atom is 0.227 e. The third kappa shape index (κ3) is 3.13. The van der Waals surface area contributed by atoms with E-state index in [2.05, 4.69) is 5.32 Å². The lowest BCUT2D eigenvalue weighted by atomic mass is 9.95. The van der Waals surface area contributed by atoms with E-state index >= 15 is 0 Å². The molecule has 24 heavy (non-hydrogen) atoms. The molecule has 2 aliphatic rings. The number of benzene rings is 2. The van der Waals surface area contributed by atoms with Gasteiger partial charge in [-0.05, 0) is 48.2 Å². The number of para-hydroxylation sites is 1. The molecule has 2 atom stereocenters. The molecular weight excluding hydrogens is 342 g/mol. The van der Waals surface area contributed by atoms with Gasteiger partial charge in [0.25, 0.3) is 0 Å². The Morgan fingerprint density at radius 1 is 1.25 bits per heavy atom. The van der Waals surface area contributed by atoms with Crippen LogP contribution in [0.15, 0.2) is 47.4 Å². The number of hydrogen-bond donors (Lipinski definition) is 1. The van der Waals surface area contributed by atoms with Crippen molar-refractivity contribution in [1.29, 1.82) is 0 Å². The molecular formula is C19H18ClNO2S. The van der Waals surface area contributed by atoms with E-state index in [9.17, 15) is 4.79 Å². The van der Waals surface area contributed by atoms with E-state index in [1.165, 1.54) is 4.90 Å². The van der Waals surface area contributed by atoms with Crippen LogP contribution in [0.3, 0.4) is 0 Å². The second kappa shape index (κ2) is 6.69. The van der Waals surface area contributed by atoms with Gasteiger partial charge in [0.2, 0.25) is 5.91 Å². The Balaban J connectivity index is 1.49. The number of fused-ring (bicyclic) bond motifs is 2. The topological polar surface area (TPSA) is 38.3 Å². The molecule has 4 rings (SSSR count). The predicted octanol–water partition coefficient (Wildman–Crippen LogP) is 4.24. The molecule has 2 aromatic carbocycles. The minimum atomic E-state index is -0.142. The lowest BCUT2D eigenvalue weighted by Gasteiger charge is -2.29. The van der Waals surface area contributed by atoms with Gasteiger partial charge in [-0.2, -0.15) is 0 Å². The summed E-state index contributed by atoms with van der Waals surface area (Å²) in [6, 6.07) is 13.9. The van der Waals surface area contributed by atoms with Gasteiger partial charge in [-0.1, -0.05) is 29.8 Å². The maximum absolute atomic E-state index is 12.7. The lowest BCUT2D eigenvalue weighted by Crippen LogP contribution is -2.40. The van der Waals surface area contributed by atoms with Crippen LogP contribution in [-0.2, 0) is 11.2 Å². The second-order valence-corrected chi connectivity index (χ2v) is 7.77. The van der Waals surface area contributed by atoms with E-state index in [-0.39, 0.29) is 17.9 Å². The molecule has 0 bridgehead atoms. The summed E-state index contributed by atoms with van der Waals surface area (Å²) in [7, 11) is 0. The smallest absolute Gasteiger partial charge is 0.227 e. The number of hydrogen-bond acceptors (Lipinski definition) is 3. The second-order valence-electron chi connectivity index (χ2n) is 6.20. The quantitative estimate of drug-likeness (QED) is 0.871. The molecule has 2 unspecified atom stereocenters. The van der Waals surface area contributed by atoms with Crippen LogP contribution in [0.4, 0.5) is 0 Å². The average Bonchev–Trinajstić information content (AvgIpc) is 2.62. The molecule has 0 aliphatic carbocycles. The standard InChI is InChI=1S/C19H18ClNO2S/c20-14-5-6-18-15(10-14)16(7-8-24-18)21-19(22)13-9-12-3-1-2-4-17(12)23-11-13/h1-6,10,13,16H,7-9,11H2,(H,21,22). The number of halogens is 1.